The van der Waals surface area contributed by atoms with E-state index in [1.54, 1.807) is 6.20 Å². The molecule has 0 spiro atoms. The van der Waals surface area contributed by atoms with Crippen LogP contribution in [0.5, 0.6) is 5.75 Å². The Hall–Kier alpha value is -1.04. The molecule has 0 aliphatic carbocycles. The monoisotopic (exact) mass is 357 g/mol. The third-order valence-electron chi connectivity index (χ3n) is 3.06. The molecule has 0 bridgehead atoms. The van der Waals surface area contributed by atoms with E-state index in [1.165, 1.54) is 0 Å². The average Bonchev–Trinajstić information content (AvgIpc) is 2.69. The Kier molecular flexibility index (Phi) is 5.07. The number of aryl methyl sites for hydroxylation is 1. The molecule has 0 unspecified atom stereocenters. The third kappa shape index (κ3) is 3.34. The number of rotatable bonds is 5. The van der Waals surface area contributed by atoms with E-state index < -0.39 is 0 Å². The Morgan fingerprint density at radius 2 is 2.20 bits per heavy atom. The van der Waals surface area contributed by atoms with Gasteiger partial charge in [0.15, 0.2) is 0 Å². The number of aromatic nitrogens is 2. The fourth-order valence-corrected chi connectivity index (χ4v) is 2.79. The van der Waals surface area contributed by atoms with Gasteiger partial charge in [-0.1, -0.05) is 27.5 Å². The summed E-state index contributed by atoms with van der Waals surface area (Å²) in [5, 5.41) is 3.75. The Labute approximate surface area is 132 Å². The molecule has 20 heavy (non-hydrogen) atoms. The molecular weight excluding hydrogens is 342 g/mol. The molecule has 0 aliphatic rings. The summed E-state index contributed by atoms with van der Waals surface area (Å²) in [6.45, 7) is 3.17. The maximum absolute atomic E-state index is 5.97. The summed E-state index contributed by atoms with van der Waals surface area (Å²) < 4.78 is 8.81. The van der Waals surface area contributed by atoms with Crippen LogP contribution in [-0.4, -0.2) is 16.6 Å². The van der Waals surface area contributed by atoms with E-state index in [0.29, 0.717) is 11.8 Å². The number of hydrogen-bond acceptors (Lipinski definition) is 3. The van der Waals surface area contributed by atoms with Gasteiger partial charge in [-0.3, -0.25) is 0 Å². The maximum atomic E-state index is 5.97. The van der Waals surface area contributed by atoms with Crippen molar-refractivity contribution in [2.75, 3.05) is 7.05 Å². The Bertz CT molecular complexity index is 613. The molecule has 4 nitrogen and oxygen atoms in total. The number of nitrogens with zero attached hydrogens (tertiary/aromatic N) is 2. The lowest BCUT2D eigenvalue weighted by atomic mass is 10.1. The first-order valence-electron chi connectivity index (χ1n) is 6.25. The van der Waals surface area contributed by atoms with E-state index in [9.17, 15) is 0 Å². The van der Waals surface area contributed by atoms with Crippen molar-refractivity contribution < 1.29 is 4.74 Å². The SMILES string of the molecule is CNCc1cc(Br)cc(C)c1OCc1ncc(Cl)n1C. The number of nitrogens with one attached hydrogen (secondary N) is 1. The molecule has 108 valence electrons. The fourth-order valence-electron chi connectivity index (χ4n) is 2.02. The molecule has 0 saturated carbocycles. The number of hydrogen-bond donors (Lipinski definition) is 1. The van der Waals surface area contributed by atoms with Crippen molar-refractivity contribution in [2.45, 2.75) is 20.1 Å². The largest absolute Gasteiger partial charge is 0.485 e. The van der Waals surface area contributed by atoms with E-state index in [0.717, 1.165) is 33.7 Å². The number of ether oxygens (including phenoxy) is 1. The first-order chi connectivity index (χ1) is 9.52. The van der Waals surface area contributed by atoms with Crippen molar-refractivity contribution in [3.63, 3.8) is 0 Å². The molecule has 1 aromatic heterocycles. The van der Waals surface area contributed by atoms with E-state index in [-0.39, 0.29) is 0 Å². The first-order valence-corrected chi connectivity index (χ1v) is 7.42. The zero-order valence-electron chi connectivity index (χ0n) is 11.7. The Balaban J connectivity index is 2.22. The lowest BCUT2D eigenvalue weighted by molar-refractivity contribution is 0.286. The van der Waals surface area contributed by atoms with Crippen molar-refractivity contribution in [3.05, 3.63) is 44.9 Å². The van der Waals surface area contributed by atoms with E-state index >= 15 is 0 Å². The molecule has 1 aromatic carbocycles. The summed E-state index contributed by atoms with van der Waals surface area (Å²) >= 11 is 9.48. The van der Waals surface area contributed by atoms with Crippen LogP contribution in [0.4, 0.5) is 0 Å². The van der Waals surface area contributed by atoms with Gasteiger partial charge in [-0.05, 0) is 31.7 Å². The summed E-state index contributed by atoms with van der Waals surface area (Å²) in [6, 6.07) is 4.10. The van der Waals surface area contributed by atoms with Crippen molar-refractivity contribution in [2.24, 2.45) is 7.05 Å². The second-order valence-corrected chi connectivity index (χ2v) is 5.89. The highest BCUT2D eigenvalue weighted by Crippen LogP contribution is 2.28. The molecular formula is C14H17BrClN3O. The minimum Gasteiger partial charge on any atom is -0.485 e. The first kappa shape index (κ1) is 15.4. The van der Waals surface area contributed by atoms with E-state index in [4.69, 9.17) is 16.3 Å². The minimum absolute atomic E-state index is 0.391. The van der Waals surface area contributed by atoms with E-state index in [2.05, 4.69) is 32.3 Å². The molecule has 6 heteroatoms. The molecule has 0 saturated heterocycles. The van der Waals surface area contributed by atoms with Gasteiger partial charge in [0, 0.05) is 23.6 Å². The number of imidazole rings is 1. The molecule has 0 aliphatic heterocycles. The third-order valence-corrected chi connectivity index (χ3v) is 3.87. The Morgan fingerprint density at radius 3 is 2.80 bits per heavy atom. The highest BCUT2D eigenvalue weighted by Gasteiger charge is 2.11. The van der Waals surface area contributed by atoms with Gasteiger partial charge in [-0.2, -0.15) is 0 Å². The molecule has 1 heterocycles. The molecule has 2 aromatic rings. The predicted octanol–water partition coefficient (Wildman–Crippen LogP) is 3.44. The quantitative estimate of drug-likeness (QED) is 0.890. The summed E-state index contributed by atoms with van der Waals surface area (Å²) in [7, 11) is 3.79. The smallest absolute Gasteiger partial charge is 0.147 e. The van der Waals surface area contributed by atoms with Crippen molar-refractivity contribution in [3.8, 4) is 5.75 Å². The van der Waals surface area contributed by atoms with Crippen LogP contribution in [0.1, 0.15) is 17.0 Å². The minimum atomic E-state index is 0.391. The van der Waals surface area contributed by atoms with Crippen LogP contribution in [0.3, 0.4) is 0 Å². The van der Waals surface area contributed by atoms with Gasteiger partial charge >= 0.3 is 0 Å². The van der Waals surface area contributed by atoms with Gasteiger partial charge in [0.1, 0.15) is 23.3 Å². The zero-order chi connectivity index (χ0) is 14.7. The van der Waals surface area contributed by atoms with Crippen molar-refractivity contribution in [1.82, 2.24) is 14.9 Å². The summed E-state index contributed by atoms with van der Waals surface area (Å²) in [4.78, 5) is 4.23. The van der Waals surface area contributed by atoms with Gasteiger partial charge in [-0.25, -0.2) is 4.98 Å². The standard InChI is InChI=1S/C14H17BrClN3O/c1-9-4-11(15)5-10(6-17-2)14(9)20-8-13-18-7-12(16)19(13)3/h4-5,7,17H,6,8H2,1-3H3. The van der Waals surface area contributed by atoms with Crippen LogP contribution in [0.15, 0.2) is 22.8 Å². The van der Waals surface area contributed by atoms with Gasteiger partial charge < -0.3 is 14.6 Å². The lowest BCUT2D eigenvalue weighted by Gasteiger charge is -2.15. The molecule has 0 amide bonds. The van der Waals surface area contributed by atoms with E-state index in [1.807, 2.05) is 31.7 Å². The second-order valence-electron chi connectivity index (χ2n) is 4.59. The predicted molar refractivity (Wildman–Crippen MR) is 84.2 cm³/mol. The summed E-state index contributed by atoms with van der Waals surface area (Å²) in [5.74, 6) is 1.69. The fraction of sp³-hybridized carbons (Fsp3) is 0.357. The van der Waals surface area contributed by atoms with Crippen LogP contribution in [0.25, 0.3) is 0 Å². The lowest BCUT2D eigenvalue weighted by Crippen LogP contribution is -2.10. The molecule has 0 radical (unpaired) electrons. The van der Waals surface area contributed by atoms with Crippen molar-refractivity contribution in [1.29, 1.82) is 0 Å². The van der Waals surface area contributed by atoms with Crippen LogP contribution in [0.2, 0.25) is 5.15 Å². The van der Waals surface area contributed by atoms with Gasteiger partial charge in [0.05, 0.1) is 6.20 Å². The highest BCUT2D eigenvalue weighted by atomic mass is 79.9. The average molecular weight is 359 g/mol. The van der Waals surface area contributed by atoms with Gasteiger partial charge in [-0.15, -0.1) is 0 Å². The molecule has 2 rings (SSSR count). The Morgan fingerprint density at radius 1 is 1.45 bits per heavy atom. The highest BCUT2D eigenvalue weighted by molar-refractivity contribution is 9.10. The zero-order valence-corrected chi connectivity index (χ0v) is 14.0. The second kappa shape index (κ2) is 6.61. The van der Waals surface area contributed by atoms with Gasteiger partial charge in [0.2, 0.25) is 0 Å². The molecule has 0 atom stereocenters. The topological polar surface area (TPSA) is 39.1 Å². The summed E-state index contributed by atoms with van der Waals surface area (Å²) in [6.07, 6.45) is 1.63. The summed E-state index contributed by atoms with van der Waals surface area (Å²) in [5.41, 5.74) is 2.20. The molecule has 1 N–H and O–H groups in total. The molecule has 0 fully saturated rings. The van der Waals surface area contributed by atoms with Gasteiger partial charge in [0.25, 0.3) is 0 Å². The number of halogens is 2. The van der Waals surface area contributed by atoms with Crippen LogP contribution in [-0.2, 0) is 20.2 Å². The van der Waals surface area contributed by atoms with Crippen molar-refractivity contribution >= 4 is 27.5 Å². The van der Waals surface area contributed by atoms with Crippen LogP contribution >= 0.6 is 27.5 Å². The normalized spacial score (nSPS) is 10.8. The van der Waals surface area contributed by atoms with Crippen LogP contribution in [0, 0.1) is 6.92 Å². The number of benzene rings is 1. The van der Waals surface area contributed by atoms with Crippen LogP contribution < -0.4 is 10.1 Å². The maximum Gasteiger partial charge on any atom is 0.147 e.